The number of carbonyl (C=O) groups excluding carboxylic acids is 1. The number of carbonyl (C=O) groups is 1. The van der Waals surface area contributed by atoms with Gasteiger partial charge in [-0.15, -0.1) is 0 Å². The molecule has 152 valence electrons. The van der Waals surface area contributed by atoms with E-state index in [0.717, 1.165) is 11.6 Å². The number of ether oxygens (including phenoxy) is 1. The van der Waals surface area contributed by atoms with Gasteiger partial charge in [-0.2, -0.15) is 0 Å². The van der Waals surface area contributed by atoms with Gasteiger partial charge in [-0.05, 0) is 36.6 Å². The number of anilines is 2. The molecule has 2 aliphatic rings. The number of halogens is 4. The van der Waals surface area contributed by atoms with Gasteiger partial charge in [0, 0.05) is 35.6 Å². The van der Waals surface area contributed by atoms with Crippen LogP contribution in [0.2, 0.25) is 0 Å². The van der Waals surface area contributed by atoms with Gasteiger partial charge in [-0.25, -0.2) is 13.2 Å². The average molecular weight is 467 g/mol. The topological polar surface area (TPSA) is 41.6 Å². The molecule has 0 spiro atoms. The fraction of sp³-hybridized carbons (Fsp3) is 0.286. The third kappa shape index (κ3) is 4.12. The second kappa shape index (κ2) is 8.10. The molecule has 4 nitrogen and oxygen atoms in total. The van der Waals surface area contributed by atoms with Crippen LogP contribution >= 0.6 is 15.9 Å². The van der Waals surface area contributed by atoms with Crippen LogP contribution < -0.4 is 15.0 Å². The van der Waals surface area contributed by atoms with Crippen molar-refractivity contribution >= 4 is 33.2 Å². The minimum atomic E-state index is -1.07. The summed E-state index contributed by atoms with van der Waals surface area (Å²) >= 11 is 3.25. The van der Waals surface area contributed by atoms with E-state index in [1.807, 2.05) is 11.0 Å². The van der Waals surface area contributed by atoms with E-state index < -0.39 is 11.6 Å². The van der Waals surface area contributed by atoms with Gasteiger partial charge in [0.1, 0.15) is 18.2 Å². The standard InChI is InChI=1S/C21H18BrF3N2O2/c22-13-1-3-17(15(23)9-13)27-7-5-12(6-8-27)11-29-18-10-16(24)20(25)21-14(18)2-4-19(28)26-21/h1,3,5,9-10H,2,4,6-8,11H2,(H,26,28). The fourth-order valence-electron chi connectivity index (χ4n) is 3.56. The fourth-order valence-corrected chi connectivity index (χ4v) is 3.89. The number of hydrogen-bond donors (Lipinski definition) is 1. The van der Waals surface area contributed by atoms with Crippen molar-refractivity contribution in [3.8, 4) is 5.75 Å². The zero-order chi connectivity index (χ0) is 20.5. The Kier molecular flexibility index (Phi) is 5.54. The summed E-state index contributed by atoms with van der Waals surface area (Å²) in [7, 11) is 0. The van der Waals surface area contributed by atoms with Crippen LogP contribution in [0.15, 0.2) is 40.4 Å². The molecule has 0 aromatic heterocycles. The normalized spacial score (nSPS) is 16.2. The van der Waals surface area contributed by atoms with Crippen molar-refractivity contribution in [2.24, 2.45) is 0 Å². The zero-order valence-electron chi connectivity index (χ0n) is 15.4. The molecular formula is C21H18BrF3N2O2. The first-order valence-electron chi connectivity index (χ1n) is 9.24. The van der Waals surface area contributed by atoms with Crippen molar-refractivity contribution in [2.75, 3.05) is 29.9 Å². The number of nitrogens with one attached hydrogen (secondary N) is 1. The highest BCUT2D eigenvalue weighted by molar-refractivity contribution is 9.10. The van der Waals surface area contributed by atoms with Crippen molar-refractivity contribution in [2.45, 2.75) is 19.3 Å². The number of hydrogen-bond acceptors (Lipinski definition) is 3. The van der Waals surface area contributed by atoms with Gasteiger partial charge < -0.3 is 15.0 Å². The Morgan fingerprint density at radius 1 is 1.10 bits per heavy atom. The number of amides is 1. The molecule has 2 aliphatic heterocycles. The van der Waals surface area contributed by atoms with Crippen LogP contribution in [-0.2, 0) is 11.2 Å². The summed E-state index contributed by atoms with van der Waals surface area (Å²) < 4.78 is 48.5. The summed E-state index contributed by atoms with van der Waals surface area (Å²) in [6.45, 7) is 1.38. The highest BCUT2D eigenvalue weighted by atomic mass is 79.9. The highest BCUT2D eigenvalue weighted by Gasteiger charge is 2.25. The van der Waals surface area contributed by atoms with E-state index in [4.69, 9.17) is 4.74 Å². The molecule has 0 atom stereocenters. The van der Waals surface area contributed by atoms with E-state index >= 15 is 0 Å². The van der Waals surface area contributed by atoms with E-state index in [9.17, 15) is 18.0 Å². The molecule has 2 aromatic rings. The monoisotopic (exact) mass is 466 g/mol. The van der Waals surface area contributed by atoms with Crippen LogP contribution in [0.3, 0.4) is 0 Å². The lowest BCUT2D eigenvalue weighted by Gasteiger charge is -2.29. The van der Waals surface area contributed by atoms with Crippen molar-refractivity contribution in [3.63, 3.8) is 0 Å². The summed E-state index contributed by atoms with van der Waals surface area (Å²) in [5, 5.41) is 2.39. The van der Waals surface area contributed by atoms with Crippen molar-refractivity contribution in [1.82, 2.24) is 0 Å². The van der Waals surface area contributed by atoms with E-state index in [0.29, 0.717) is 41.7 Å². The molecule has 2 aromatic carbocycles. The summed E-state index contributed by atoms with van der Waals surface area (Å²) in [6, 6.07) is 5.99. The molecule has 0 aliphatic carbocycles. The van der Waals surface area contributed by atoms with Gasteiger partial charge >= 0.3 is 0 Å². The first-order valence-corrected chi connectivity index (χ1v) is 10.0. The van der Waals surface area contributed by atoms with Crippen molar-refractivity contribution in [1.29, 1.82) is 0 Å². The number of rotatable bonds is 4. The number of nitrogens with zero attached hydrogens (tertiary/aromatic N) is 1. The Balaban J connectivity index is 1.45. The Labute approximate surface area is 174 Å². The molecule has 2 heterocycles. The van der Waals surface area contributed by atoms with Crippen LogP contribution in [0, 0.1) is 17.5 Å². The molecule has 0 bridgehead atoms. The van der Waals surface area contributed by atoms with Crippen LogP contribution in [0.25, 0.3) is 0 Å². The summed E-state index contributed by atoms with van der Waals surface area (Å²) in [4.78, 5) is 13.4. The number of benzene rings is 2. The summed E-state index contributed by atoms with van der Waals surface area (Å²) in [6.07, 6.45) is 3.12. The van der Waals surface area contributed by atoms with Gasteiger partial charge in [0.25, 0.3) is 0 Å². The molecule has 0 fully saturated rings. The van der Waals surface area contributed by atoms with Crippen LogP contribution in [0.5, 0.6) is 5.75 Å². The first-order chi connectivity index (χ1) is 13.9. The maximum atomic E-state index is 14.1. The summed E-state index contributed by atoms with van der Waals surface area (Å²) in [5.74, 6) is -2.52. The smallest absolute Gasteiger partial charge is 0.224 e. The van der Waals surface area contributed by atoms with Gasteiger partial charge in [0.2, 0.25) is 5.91 Å². The van der Waals surface area contributed by atoms with Crippen molar-refractivity contribution in [3.05, 3.63) is 63.4 Å². The van der Waals surface area contributed by atoms with Gasteiger partial charge in [0.15, 0.2) is 11.6 Å². The van der Waals surface area contributed by atoms with Gasteiger partial charge in [0.05, 0.1) is 11.4 Å². The van der Waals surface area contributed by atoms with Crippen molar-refractivity contribution < 1.29 is 22.7 Å². The van der Waals surface area contributed by atoms with Crippen LogP contribution in [0.4, 0.5) is 24.5 Å². The second-order valence-electron chi connectivity index (χ2n) is 7.02. The average Bonchev–Trinajstić information content (AvgIpc) is 2.70. The molecular weight excluding hydrogens is 449 g/mol. The minimum Gasteiger partial charge on any atom is -0.489 e. The number of fused-ring (bicyclic) bond motifs is 1. The van der Waals surface area contributed by atoms with Gasteiger partial charge in [-0.3, -0.25) is 4.79 Å². The van der Waals surface area contributed by atoms with E-state index in [1.165, 1.54) is 6.07 Å². The lowest BCUT2D eigenvalue weighted by atomic mass is 10.0. The Bertz CT molecular complexity index is 1010. The molecule has 4 rings (SSSR count). The first kappa shape index (κ1) is 19.8. The highest BCUT2D eigenvalue weighted by Crippen LogP contribution is 2.36. The Morgan fingerprint density at radius 2 is 1.93 bits per heavy atom. The van der Waals surface area contributed by atoms with Crippen LogP contribution in [-0.4, -0.2) is 25.6 Å². The van der Waals surface area contributed by atoms with E-state index in [-0.39, 0.29) is 36.2 Å². The molecule has 1 amide bonds. The minimum absolute atomic E-state index is 0.134. The predicted octanol–water partition coefficient (Wildman–Crippen LogP) is 4.97. The quantitative estimate of drug-likeness (QED) is 0.647. The Hall–Kier alpha value is -2.48. The lowest BCUT2D eigenvalue weighted by molar-refractivity contribution is -0.116. The molecule has 0 saturated carbocycles. The van der Waals surface area contributed by atoms with E-state index in [1.54, 1.807) is 12.1 Å². The maximum Gasteiger partial charge on any atom is 0.224 e. The lowest BCUT2D eigenvalue weighted by Crippen LogP contribution is -2.30. The molecule has 0 unspecified atom stereocenters. The largest absolute Gasteiger partial charge is 0.489 e. The third-order valence-electron chi connectivity index (χ3n) is 5.12. The predicted molar refractivity (Wildman–Crippen MR) is 108 cm³/mol. The molecule has 29 heavy (non-hydrogen) atoms. The molecule has 8 heteroatoms. The summed E-state index contributed by atoms with van der Waals surface area (Å²) in [5.41, 5.74) is 1.87. The van der Waals surface area contributed by atoms with Crippen LogP contribution in [0.1, 0.15) is 18.4 Å². The van der Waals surface area contributed by atoms with Gasteiger partial charge in [-0.1, -0.05) is 22.0 Å². The second-order valence-corrected chi connectivity index (χ2v) is 7.93. The van der Waals surface area contributed by atoms with E-state index in [2.05, 4.69) is 21.2 Å². The molecule has 1 N–H and O–H groups in total. The maximum absolute atomic E-state index is 14.1. The zero-order valence-corrected chi connectivity index (χ0v) is 17.0. The molecule has 0 radical (unpaired) electrons. The Morgan fingerprint density at radius 3 is 2.66 bits per heavy atom. The SMILES string of the molecule is O=C1CCc2c(OCC3=CCN(c4ccc(Br)cc4F)CC3)cc(F)c(F)c2N1. The third-order valence-corrected chi connectivity index (χ3v) is 5.61. The molecule has 0 saturated heterocycles.